The molecule has 0 spiro atoms. The van der Waals surface area contributed by atoms with Crippen molar-refractivity contribution in [1.29, 1.82) is 0 Å². The molecule has 0 amide bonds. The van der Waals surface area contributed by atoms with Crippen molar-refractivity contribution in [1.82, 2.24) is 0 Å². The molecular formula is C7H7BrClOP2+. The van der Waals surface area contributed by atoms with Gasteiger partial charge < -0.3 is 5.11 Å². The third-order valence-electron chi connectivity index (χ3n) is 1.36. The van der Waals surface area contributed by atoms with E-state index >= 15 is 0 Å². The summed E-state index contributed by atoms with van der Waals surface area (Å²) in [6.45, 7) is -0.700. The summed E-state index contributed by atoms with van der Waals surface area (Å²) in [5.74, 6) is 0.288. The van der Waals surface area contributed by atoms with Gasteiger partial charge in [-0.25, -0.2) is 0 Å². The van der Waals surface area contributed by atoms with Crippen molar-refractivity contribution in [3.63, 3.8) is 0 Å². The van der Waals surface area contributed by atoms with Gasteiger partial charge in [0, 0.05) is 10.0 Å². The van der Waals surface area contributed by atoms with Crippen LogP contribution in [0.15, 0.2) is 22.7 Å². The van der Waals surface area contributed by atoms with Gasteiger partial charge in [0.15, 0.2) is 17.4 Å². The van der Waals surface area contributed by atoms with E-state index in [-0.39, 0.29) is 5.75 Å². The standard InChI is InChI=1S/C7H6BrClOP2/c8-6-2-1-5(4-12(9)11)7(10)3-6/h1-3,11H,4H2/p+1. The molecule has 0 aromatic heterocycles. The fourth-order valence-corrected chi connectivity index (χ4v) is 2.63. The second-order valence-electron chi connectivity index (χ2n) is 2.29. The van der Waals surface area contributed by atoms with Gasteiger partial charge in [-0.2, -0.15) is 0 Å². The SMILES string of the molecule is Oc1cc(Br)ccc1C[P+](=P)Cl. The van der Waals surface area contributed by atoms with Gasteiger partial charge in [-0.3, -0.25) is 0 Å². The van der Waals surface area contributed by atoms with Crippen molar-refractivity contribution in [2.75, 3.05) is 0 Å². The maximum Gasteiger partial charge on any atom is 0.231 e. The Kier molecular flexibility index (Phi) is 3.99. The van der Waals surface area contributed by atoms with Crippen LogP contribution >= 0.6 is 42.3 Å². The Bertz CT molecular complexity index is 316. The van der Waals surface area contributed by atoms with Crippen LogP contribution < -0.4 is 0 Å². The lowest BCUT2D eigenvalue weighted by molar-refractivity contribution is 0.470. The number of phenols is 1. The van der Waals surface area contributed by atoms with Crippen molar-refractivity contribution >= 4 is 42.3 Å². The number of aromatic hydroxyl groups is 1. The quantitative estimate of drug-likeness (QED) is 0.801. The molecule has 0 aliphatic rings. The predicted molar refractivity (Wildman–Crippen MR) is 60.6 cm³/mol. The number of halogens is 2. The van der Waals surface area contributed by atoms with Crippen molar-refractivity contribution in [3.05, 3.63) is 28.2 Å². The van der Waals surface area contributed by atoms with E-state index in [2.05, 4.69) is 24.5 Å². The summed E-state index contributed by atoms with van der Waals surface area (Å²) >= 11 is 9.04. The molecule has 1 rings (SSSR count). The average molecular weight is 284 g/mol. The van der Waals surface area contributed by atoms with Crippen LogP contribution in [0.1, 0.15) is 5.56 Å². The zero-order valence-corrected chi connectivity index (χ0v) is 10.3. The predicted octanol–water partition coefficient (Wildman–Crippen LogP) is 4.35. The lowest BCUT2D eigenvalue weighted by Gasteiger charge is -1.98. The van der Waals surface area contributed by atoms with Crippen molar-refractivity contribution in [2.24, 2.45) is 0 Å². The van der Waals surface area contributed by atoms with E-state index in [1.165, 1.54) is 0 Å². The highest BCUT2D eigenvalue weighted by Crippen LogP contribution is 2.40. The smallest absolute Gasteiger partial charge is 0.231 e. The molecule has 1 aromatic carbocycles. The molecule has 0 radical (unpaired) electrons. The van der Waals surface area contributed by atoms with Gasteiger partial charge >= 0.3 is 0 Å². The number of benzene rings is 1. The maximum atomic E-state index is 9.44. The third kappa shape index (κ3) is 3.03. The van der Waals surface area contributed by atoms with Crippen LogP contribution in [0, 0.1) is 0 Å². The molecule has 64 valence electrons. The molecule has 1 aromatic rings. The highest BCUT2D eigenvalue weighted by Gasteiger charge is 2.09. The number of hydrogen-bond acceptors (Lipinski definition) is 1. The van der Waals surface area contributed by atoms with Crippen LogP contribution in [0.3, 0.4) is 0 Å². The van der Waals surface area contributed by atoms with Crippen LogP contribution in [0.4, 0.5) is 0 Å². The largest absolute Gasteiger partial charge is 0.507 e. The van der Waals surface area contributed by atoms with Crippen LogP contribution in [0.2, 0.25) is 0 Å². The molecule has 0 aliphatic carbocycles. The fraction of sp³-hybridized carbons (Fsp3) is 0.143. The summed E-state index contributed by atoms with van der Waals surface area (Å²) in [5.41, 5.74) is 0.870. The van der Waals surface area contributed by atoms with E-state index in [4.69, 9.17) is 11.2 Å². The Morgan fingerprint density at radius 1 is 1.58 bits per heavy atom. The monoisotopic (exact) mass is 283 g/mol. The molecule has 1 unspecified atom stereocenters. The average Bonchev–Trinajstić information content (AvgIpc) is 1.94. The van der Waals surface area contributed by atoms with Crippen molar-refractivity contribution < 1.29 is 5.11 Å². The first-order valence-corrected chi connectivity index (χ1v) is 7.78. The molecule has 0 saturated carbocycles. The van der Waals surface area contributed by atoms with E-state index in [0.29, 0.717) is 6.16 Å². The molecular weight excluding hydrogens is 277 g/mol. The molecule has 0 fully saturated rings. The number of phenolic OH excluding ortho intramolecular Hbond substituents is 1. The Balaban J connectivity index is 2.93. The van der Waals surface area contributed by atoms with Gasteiger partial charge in [-0.15, -0.1) is 0 Å². The van der Waals surface area contributed by atoms with E-state index in [1.54, 1.807) is 6.07 Å². The summed E-state index contributed by atoms with van der Waals surface area (Å²) in [7, 11) is 3.32. The third-order valence-corrected chi connectivity index (χ3v) is 3.30. The fourth-order valence-electron chi connectivity index (χ4n) is 0.820. The van der Waals surface area contributed by atoms with Gasteiger partial charge in [-0.05, 0) is 12.1 Å². The first kappa shape index (κ1) is 10.5. The molecule has 5 heteroatoms. The molecule has 0 heterocycles. The molecule has 0 saturated heterocycles. The highest BCUT2D eigenvalue weighted by atomic mass is 79.9. The van der Waals surface area contributed by atoms with Gasteiger partial charge in [0.05, 0.1) is 0 Å². The second-order valence-corrected chi connectivity index (χ2v) is 7.94. The minimum Gasteiger partial charge on any atom is -0.507 e. The molecule has 1 nitrogen and oxygen atoms in total. The normalized spacial score (nSPS) is 11.3. The van der Waals surface area contributed by atoms with Crippen molar-refractivity contribution in [3.8, 4) is 5.75 Å². The van der Waals surface area contributed by atoms with Crippen LogP contribution in [0.25, 0.3) is 0 Å². The summed E-state index contributed by atoms with van der Waals surface area (Å²) in [6.07, 6.45) is 0.674. The Labute approximate surface area is 87.5 Å². The maximum absolute atomic E-state index is 9.44. The lowest BCUT2D eigenvalue weighted by atomic mass is 10.2. The molecule has 1 atom stereocenters. The summed E-state index contributed by atoms with van der Waals surface area (Å²) in [5, 5.41) is 9.44. The summed E-state index contributed by atoms with van der Waals surface area (Å²) in [6, 6.07) is 5.41. The van der Waals surface area contributed by atoms with E-state index in [0.717, 1.165) is 10.0 Å². The zero-order valence-electron chi connectivity index (χ0n) is 6.09. The molecule has 12 heavy (non-hydrogen) atoms. The topological polar surface area (TPSA) is 20.2 Å². The molecule has 0 aliphatic heterocycles. The van der Waals surface area contributed by atoms with Gasteiger partial charge in [0.25, 0.3) is 0 Å². The minimum atomic E-state index is -0.700. The summed E-state index contributed by atoms with van der Waals surface area (Å²) in [4.78, 5) is 0. The Morgan fingerprint density at radius 3 is 2.75 bits per heavy atom. The Morgan fingerprint density at radius 2 is 2.25 bits per heavy atom. The second kappa shape index (κ2) is 4.58. The first-order valence-electron chi connectivity index (χ1n) is 3.21. The molecule has 1 N–H and O–H groups in total. The van der Waals surface area contributed by atoms with E-state index in [9.17, 15) is 5.11 Å². The van der Waals surface area contributed by atoms with E-state index < -0.39 is 6.56 Å². The van der Waals surface area contributed by atoms with Gasteiger partial charge in [0.1, 0.15) is 14.3 Å². The highest BCUT2D eigenvalue weighted by molar-refractivity contribution is 9.10. The first-order chi connectivity index (χ1) is 5.59. The van der Waals surface area contributed by atoms with Crippen molar-refractivity contribution in [2.45, 2.75) is 6.16 Å². The van der Waals surface area contributed by atoms with Crippen LogP contribution in [-0.4, -0.2) is 5.11 Å². The van der Waals surface area contributed by atoms with Crippen LogP contribution in [-0.2, 0) is 6.16 Å². The number of hydrogen-bond donors (Lipinski definition) is 1. The summed E-state index contributed by atoms with van der Waals surface area (Å²) < 4.78 is 0.872. The minimum absolute atomic E-state index is 0.288. The van der Waals surface area contributed by atoms with Gasteiger partial charge in [0.2, 0.25) is 6.56 Å². The van der Waals surface area contributed by atoms with Crippen LogP contribution in [0.5, 0.6) is 5.75 Å². The zero-order chi connectivity index (χ0) is 9.14. The number of rotatable bonds is 2. The van der Waals surface area contributed by atoms with E-state index in [1.807, 2.05) is 12.1 Å². The lowest BCUT2D eigenvalue weighted by Crippen LogP contribution is -1.78. The Hall–Kier alpha value is 0.390. The molecule has 0 bridgehead atoms. The van der Waals surface area contributed by atoms with Gasteiger partial charge in [-0.1, -0.05) is 22.0 Å².